The summed E-state index contributed by atoms with van der Waals surface area (Å²) < 4.78 is 10.9. The first kappa shape index (κ1) is 51.9. The van der Waals surface area contributed by atoms with Crippen molar-refractivity contribution < 1.29 is 39.8 Å². The number of allylic oxidation sites excluding steroid dienone is 1. The number of rotatable bonds is 39. The summed E-state index contributed by atoms with van der Waals surface area (Å²) in [7, 11) is 0. The zero-order valence-electron chi connectivity index (χ0n) is 35.7. The molecular weight excluding hydrogens is 695 g/mol. The maximum Gasteiger partial charge on any atom is 0.217 e. The maximum absolute atomic E-state index is 11.7. The first-order valence-electron chi connectivity index (χ1n) is 23.4. The number of amides is 1. The fourth-order valence-corrected chi connectivity index (χ4v) is 7.72. The average Bonchev–Trinajstić information content (AvgIpc) is 3.17. The molecule has 6 N–H and O–H groups in total. The number of ether oxygens (including phenoxy) is 2. The van der Waals surface area contributed by atoms with Crippen molar-refractivity contribution in [3.63, 3.8) is 0 Å². The molecule has 1 fully saturated rings. The molecule has 0 bridgehead atoms. The predicted octanol–water partition coefficient (Wildman–Crippen LogP) is 9.73. The predicted molar refractivity (Wildman–Crippen MR) is 226 cm³/mol. The second kappa shape index (κ2) is 37.2. The second-order valence-corrected chi connectivity index (χ2v) is 16.7. The summed E-state index contributed by atoms with van der Waals surface area (Å²) in [6, 6.07) is -0.801. The molecule has 9 heteroatoms. The highest BCUT2D eigenvalue weighted by atomic mass is 16.7. The molecule has 0 aromatic rings. The lowest BCUT2D eigenvalue weighted by molar-refractivity contribution is -0.302. The first-order valence-corrected chi connectivity index (χ1v) is 23.4. The van der Waals surface area contributed by atoms with Crippen LogP contribution in [0.1, 0.15) is 219 Å². The Kier molecular flexibility index (Phi) is 35.2. The van der Waals surface area contributed by atoms with E-state index in [9.17, 15) is 30.3 Å². The van der Waals surface area contributed by atoms with Crippen molar-refractivity contribution in [2.75, 3.05) is 13.2 Å². The zero-order chi connectivity index (χ0) is 40.2. The van der Waals surface area contributed by atoms with E-state index in [2.05, 4.69) is 12.2 Å². The maximum atomic E-state index is 11.7. The molecule has 0 saturated carbocycles. The van der Waals surface area contributed by atoms with Gasteiger partial charge in [0.25, 0.3) is 0 Å². The molecule has 55 heavy (non-hydrogen) atoms. The number of aliphatic hydroxyl groups excluding tert-OH is 5. The van der Waals surface area contributed by atoms with Gasteiger partial charge in [0.05, 0.1) is 25.4 Å². The molecule has 7 unspecified atom stereocenters. The minimum absolute atomic E-state index is 0.201. The van der Waals surface area contributed by atoms with Crippen LogP contribution in [-0.2, 0) is 14.3 Å². The number of carbonyl (C=O) groups excluding carboxylic acids is 1. The summed E-state index contributed by atoms with van der Waals surface area (Å²) in [4.78, 5) is 11.7. The minimum Gasteiger partial charge on any atom is -0.394 e. The van der Waals surface area contributed by atoms with Crippen molar-refractivity contribution in [2.24, 2.45) is 0 Å². The molecule has 1 rings (SSSR count). The lowest BCUT2D eigenvalue weighted by atomic mass is 9.99. The highest BCUT2D eigenvalue weighted by molar-refractivity contribution is 5.73. The van der Waals surface area contributed by atoms with Gasteiger partial charge < -0.3 is 40.3 Å². The van der Waals surface area contributed by atoms with E-state index in [0.717, 1.165) is 19.3 Å². The van der Waals surface area contributed by atoms with Crippen LogP contribution in [-0.4, -0.2) is 87.5 Å². The quantitative estimate of drug-likeness (QED) is 0.0267. The van der Waals surface area contributed by atoms with Gasteiger partial charge in [0.2, 0.25) is 5.91 Å². The molecule has 0 aromatic heterocycles. The molecule has 9 nitrogen and oxygen atoms in total. The average molecular weight is 784 g/mol. The van der Waals surface area contributed by atoms with Crippen LogP contribution in [0, 0.1) is 0 Å². The van der Waals surface area contributed by atoms with E-state index < -0.39 is 49.5 Å². The van der Waals surface area contributed by atoms with E-state index in [-0.39, 0.29) is 12.5 Å². The lowest BCUT2D eigenvalue weighted by Gasteiger charge is -2.40. The van der Waals surface area contributed by atoms with Crippen molar-refractivity contribution in [1.29, 1.82) is 0 Å². The summed E-state index contributed by atoms with van der Waals surface area (Å²) in [5, 5.41) is 52.7. The zero-order valence-corrected chi connectivity index (χ0v) is 35.7. The van der Waals surface area contributed by atoms with Crippen molar-refractivity contribution in [2.45, 2.75) is 262 Å². The molecule has 0 spiro atoms. The highest BCUT2D eigenvalue weighted by Gasteiger charge is 2.44. The van der Waals surface area contributed by atoms with E-state index in [4.69, 9.17) is 9.47 Å². The number of unbranched alkanes of at least 4 members (excludes halogenated alkanes) is 31. The molecule has 1 aliphatic rings. The fourth-order valence-electron chi connectivity index (χ4n) is 7.72. The van der Waals surface area contributed by atoms with Crippen LogP contribution in [0.25, 0.3) is 0 Å². The van der Waals surface area contributed by atoms with Crippen LogP contribution < -0.4 is 5.32 Å². The Bertz CT molecular complexity index is 873. The third-order valence-electron chi connectivity index (χ3n) is 11.4. The van der Waals surface area contributed by atoms with E-state index in [1.165, 1.54) is 193 Å². The van der Waals surface area contributed by atoms with Gasteiger partial charge in [-0.25, -0.2) is 0 Å². The standard InChI is InChI=1S/C46H89NO8/c1-3-4-5-6-7-8-9-10-11-12-13-14-15-16-17-18-19-20-21-22-23-24-25-26-27-28-29-30-31-32-33-34-35-36-41(50)40(47-39(2)49)38-54-46-45(53)44(52)43(51)42(37-48)55-46/h35-36,40-46,48,50-53H,3-34,37-38H2,1-2H3,(H,47,49)/b36-35+. The number of nitrogens with one attached hydrogen (secondary N) is 1. The van der Waals surface area contributed by atoms with Crippen molar-refractivity contribution in [1.82, 2.24) is 5.32 Å². The van der Waals surface area contributed by atoms with E-state index in [0.29, 0.717) is 0 Å². The Balaban J connectivity index is 1.87. The molecule has 326 valence electrons. The molecular formula is C46H89NO8. The van der Waals surface area contributed by atoms with Crippen molar-refractivity contribution in [3.8, 4) is 0 Å². The largest absolute Gasteiger partial charge is 0.394 e. The van der Waals surface area contributed by atoms with Crippen LogP contribution in [0.3, 0.4) is 0 Å². The van der Waals surface area contributed by atoms with Gasteiger partial charge in [-0.1, -0.05) is 212 Å². The van der Waals surface area contributed by atoms with Gasteiger partial charge in [-0.3, -0.25) is 4.79 Å². The molecule has 7 atom stereocenters. The van der Waals surface area contributed by atoms with Gasteiger partial charge in [0.15, 0.2) is 6.29 Å². The van der Waals surface area contributed by atoms with E-state index in [1.807, 2.05) is 6.08 Å². The summed E-state index contributed by atoms with van der Waals surface area (Å²) in [5.41, 5.74) is 0. The second-order valence-electron chi connectivity index (χ2n) is 16.7. The number of hydrogen-bond donors (Lipinski definition) is 6. The van der Waals surface area contributed by atoms with Gasteiger partial charge in [-0.2, -0.15) is 0 Å². The molecule has 0 radical (unpaired) electrons. The monoisotopic (exact) mass is 784 g/mol. The molecule has 0 aromatic carbocycles. The highest BCUT2D eigenvalue weighted by Crippen LogP contribution is 2.23. The smallest absolute Gasteiger partial charge is 0.217 e. The van der Waals surface area contributed by atoms with Crippen LogP contribution in [0.4, 0.5) is 0 Å². The molecule has 1 amide bonds. The normalized spacial score (nSPS) is 21.3. The third-order valence-corrected chi connectivity index (χ3v) is 11.4. The summed E-state index contributed by atoms with van der Waals surface area (Å²) in [5.74, 6) is -0.351. The van der Waals surface area contributed by atoms with E-state index >= 15 is 0 Å². The van der Waals surface area contributed by atoms with Gasteiger partial charge in [-0.15, -0.1) is 0 Å². The van der Waals surface area contributed by atoms with Crippen LogP contribution in [0.15, 0.2) is 12.2 Å². The van der Waals surface area contributed by atoms with Crippen molar-refractivity contribution >= 4 is 5.91 Å². The SMILES string of the molecule is CCCCCCCCCCCCCCCCCCCCCCCCCCCCCCCCC/C=C/C(O)C(COC1OC(CO)C(O)C(O)C1O)NC(C)=O. The number of hydrogen-bond acceptors (Lipinski definition) is 8. The van der Waals surface area contributed by atoms with Gasteiger partial charge in [0, 0.05) is 6.92 Å². The number of carbonyl (C=O) groups is 1. The molecule has 1 aliphatic heterocycles. The topological polar surface area (TPSA) is 149 Å². The van der Waals surface area contributed by atoms with Crippen LogP contribution >= 0.6 is 0 Å². The lowest BCUT2D eigenvalue weighted by Crippen LogP contribution is -2.60. The summed E-state index contributed by atoms with van der Waals surface area (Å²) in [6.45, 7) is 2.86. The number of aliphatic hydroxyl groups is 5. The van der Waals surface area contributed by atoms with Gasteiger partial charge in [0.1, 0.15) is 24.4 Å². The fraction of sp³-hybridized carbons (Fsp3) is 0.935. The molecule has 1 saturated heterocycles. The summed E-state index contributed by atoms with van der Waals surface area (Å²) >= 11 is 0. The molecule has 1 heterocycles. The van der Waals surface area contributed by atoms with Crippen molar-refractivity contribution in [3.05, 3.63) is 12.2 Å². The third kappa shape index (κ3) is 28.9. The van der Waals surface area contributed by atoms with Gasteiger partial charge in [-0.05, 0) is 12.8 Å². The Labute approximate surface area is 337 Å². The Morgan fingerprint density at radius 2 is 0.964 bits per heavy atom. The Hall–Kier alpha value is -1.07. The van der Waals surface area contributed by atoms with Gasteiger partial charge >= 0.3 is 0 Å². The van der Waals surface area contributed by atoms with E-state index in [1.54, 1.807) is 6.08 Å². The summed E-state index contributed by atoms with van der Waals surface area (Å²) in [6.07, 6.45) is 39.5. The first-order chi connectivity index (χ1) is 26.8. The minimum atomic E-state index is -1.56. The Morgan fingerprint density at radius 1 is 0.600 bits per heavy atom. The van der Waals surface area contributed by atoms with Crippen LogP contribution in [0.2, 0.25) is 0 Å². The van der Waals surface area contributed by atoms with Crippen LogP contribution in [0.5, 0.6) is 0 Å². The molecule has 0 aliphatic carbocycles. The Morgan fingerprint density at radius 3 is 1.31 bits per heavy atom.